The number of aromatic nitrogens is 1. The van der Waals surface area contributed by atoms with Crippen LogP contribution < -0.4 is 5.32 Å². The van der Waals surface area contributed by atoms with Crippen LogP contribution in [-0.2, 0) is 12.8 Å². The lowest BCUT2D eigenvalue weighted by molar-refractivity contribution is 0.316. The molecule has 4 rings (SSSR count). The zero-order valence-corrected chi connectivity index (χ0v) is 11.5. The first-order valence-corrected chi connectivity index (χ1v) is 7.40. The molecule has 1 N–H and O–H groups in total. The van der Waals surface area contributed by atoms with Crippen LogP contribution >= 0.6 is 0 Å². The molecule has 1 fully saturated rings. The van der Waals surface area contributed by atoms with Gasteiger partial charge in [0.05, 0.1) is 5.52 Å². The monoisotopic (exact) mass is 252 g/mol. The summed E-state index contributed by atoms with van der Waals surface area (Å²) in [5.41, 5.74) is 5.84. The van der Waals surface area contributed by atoms with E-state index in [4.69, 9.17) is 4.98 Å². The Balaban J connectivity index is 1.92. The first kappa shape index (κ1) is 11.3. The Morgan fingerprint density at radius 1 is 1.11 bits per heavy atom. The van der Waals surface area contributed by atoms with Crippen LogP contribution in [0.5, 0.6) is 0 Å². The van der Waals surface area contributed by atoms with Crippen molar-refractivity contribution in [1.82, 2.24) is 4.98 Å². The number of nitrogens with one attached hydrogen (secondary N) is 1. The molecule has 0 bridgehead atoms. The lowest BCUT2D eigenvalue weighted by atomic mass is 9.83. The van der Waals surface area contributed by atoms with E-state index in [0.29, 0.717) is 5.41 Å². The normalized spacial score (nSPS) is 20.1. The number of rotatable bonds is 1. The van der Waals surface area contributed by atoms with Crippen molar-refractivity contribution in [2.45, 2.75) is 38.5 Å². The van der Waals surface area contributed by atoms with Crippen LogP contribution in [0.1, 0.15) is 36.9 Å². The highest BCUT2D eigenvalue weighted by atomic mass is 14.9. The van der Waals surface area contributed by atoms with E-state index in [9.17, 15) is 0 Å². The summed E-state index contributed by atoms with van der Waals surface area (Å²) in [6.45, 7) is 0. The highest BCUT2D eigenvalue weighted by Crippen LogP contribution is 2.50. The number of anilines is 1. The van der Waals surface area contributed by atoms with Gasteiger partial charge >= 0.3 is 0 Å². The number of pyridine rings is 1. The zero-order chi connectivity index (χ0) is 12.9. The highest BCUT2D eigenvalue weighted by molar-refractivity contribution is 5.93. The molecule has 0 radical (unpaired) electrons. The van der Waals surface area contributed by atoms with Crippen LogP contribution in [0.2, 0.25) is 0 Å². The number of fused-ring (bicyclic) bond motifs is 2. The molecule has 0 unspecified atom stereocenters. The van der Waals surface area contributed by atoms with E-state index in [1.165, 1.54) is 60.9 Å². The van der Waals surface area contributed by atoms with E-state index in [0.717, 1.165) is 5.52 Å². The maximum atomic E-state index is 4.94. The SMILES string of the molecule is CNc1c2c(nc3ccccc13)CC1(CCCC1)C2. The second-order valence-corrected chi connectivity index (χ2v) is 6.24. The quantitative estimate of drug-likeness (QED) is 0.831. The third kappa shape index (κ3) is 1.59. The molecule has 2 aliphatic rings. The standard InChI is InChI=1S/C17H20N2/c1-18-16-12-6-2-3-7-14(12)19-15-11-17(10-13(15)16)8-4-5-9-17/h2-3,6-7H,4-5,8-11H2,1H3,(H,18,19). The van der Waals surface area contributed by atoms with E-state index in [1.54, 1.807) is 0 Å². The third-order valence-corrected chi connectivity index (χ3v) is 5.09. The second-order valence-electron chi connectivity index (χ2n) is 6.24. The van der Waals surface area contributed by atoms with Gasteiger partial charge in [0, 0.05) is 23.8 Å². The number of nitrogens with zero attached hydrogens (tertiary/aromatic N) is 1. The third-order valence-electron chi connectivity index (χ3n) is 5.09. The van der Waals surface area contributed by atoms with Crippen LogP contribution in [0.25, 0.3) is 10.9 Å². The van der Waals surface area contributed by atoms with Gasteiger partial charge in [-0.3, -0.25) is 4.98 Å². The van der Waals surface area contributed by atoms with E-state index in [2.05, 4.69) is 29.6 Å². The number of hydrogen-bond acceptors (Lipinski definition) is 2. The van der Waals surface area contributed by atoms with Crippen molar-refractivity contribution in [3.05, 3.63) is 35.5 Å². The molecule has 1 aromatic carbocycles. The smallest absolute Gasteiger partial charge is 0.0726 e. The van der Waals surface area contributed by atoms with Gasteiger partial charge in [0.1, 0.15) is 0 Å². The molecule has 98 valence electrons. The summed E-state index contributed by atoms with van der Waals surface area (Å²) in [6, 6.07) is 8.52. The van der Waals surface area contributed by atoms with Gasteiger partial charge in [-0.25, -0.2) is 0 Å². The molecular weight excluding hydrogens is 232 g/mol. The van der Waals surface area contributed by atoms with Crippen LogP contribution in [0.3, 0.4) is 0 Å². The van der Waals surface area contributed by atoms with Crippen LogP contribution in [-0.4, -0.2) is 12.0 Å². The van der Waals surface area contributed by atoms with Crippen LogP contribution in [0.15, 0.2) is 24.3 Å². The maximum absolute atomic E-state index is 4.94. The Kier molecular flexibility index (Phi) is 2.35. The van der Waals surface area contributed by atoms with Crippen molar-refractivity contribution < 1.29 is 0 Å². The van der Waals surface area contributed by atoms with Gasteiger partial charge in [0.15, 0.2) is 0 Å². The summed E-state index contributed by atoms with van der Waals surface area (Å²) in [7, 11) is 2.04. The number of hydrogen-bond donors (Lipinski definition) is 1. The molecule has 0 atom stereocenters. The largest absolute Gasteiger partial charge is 0.387 e. The Labute approximate surface area is 114 Å². The molecule has 0 amide bonds. The summed E-state index contributed by atoms with van der Waals surface area (Å²) >= 11 is 0. The first-order chi connectivity index (χ1) is 9.31. The van der Waals surface area contributed by atoms with Crippen molar-refractivity contribution in [2.75, 3.05) is 12.4 Å². The summed E-state index contributed by atoms with van der Waals surface area (Å²) < 4.78 is 0. The average molecular weight is 252 g/mol. The molecule has 2 aromatic rings. The van der Waals surface area contributed by atoms with E-state index < -0.39 is 0 Å². The van der Waals surface area contributed by atoms with Gasteiger partial charge in [-0.1, -0.05) is 31.0 Å². The van der Waals surface area contributed by atoms with E-state index in [-0.39, 0.29) is 0 Å². The highest BCUT2D eigenvalue weighted by Gasteiger charge is 2.41. The molecule has 0 saturated heterocycles. The second kappa shape index (κ2) is 3.96. The van der Waals surface area contributed by atoms with Gasteiger partial charge in [-0.05, 0) is 42.7 Å². The summed E-state index contributed by atoms with van der Waals surface area (Å²) in [5, 5.41) is 4.71. The molecule has 1 heterocycles. The Morgan fingerprint density at radius 3 is 2.68 bits per heavy atom. The number of para-hydroxylation sites is 1. The minimum absolute atomic E-state index is 0.540. The Bertz CT molecular complexity index is 639. The molecule has 1 spiro atoms. The van der Waals surface area contributed by atoms with Crippen molar-refractivity contribution in [1.29, 1.82) is 0 Å². The minimum Gasteiger partial charge on any atom is -0.387 e. The lowest BCUT2D eigenvalue weighted by Crippen LogP contribution is -2.16. The zero-order valence-electron chi connectivity index (χ0n) is 11.5. The van der Waals surface area contributed by atoms with Gasteiger partial charge in [0.2, 0.25) is 0 Å². The van der Waals surface area contributed by atoms with Crippen molar-refractivity contribution in [3.8, 4) is 0 Å². The molecule has 1 saturated carbocycles. The van der Waals surface area contributed by atoms with Gasteiger partial charge in [0.25, 0.3) is 0 Å². The molecule has 2 heteroatoms. The van der Waals surface area contributed by atoms with E-state index in [1.807, 2.05) is 7.05 Å². The van der Waals surface area contributed by atoms with Crippen molar-refractivity contribution in [2.24, 2.45) is 5.41 Å². The summed E-state index contributed by atoms with van der Waals surface area (Å²) in [4.78, 5) is 4.94. The number of benzene rings is 1. The predicted molar refractivity (Wildman–Crippen MR) is 79.6 cm³/mol. The van der Waals surface area contributed by atoms with Gasteiger partial charge in [-0.2, -0.15) is 0 Å². The lowest BCUT2D eigenvalue weighted by Gasteiger charge is -2.21. The first-order valence-electron chi connectivity index (χ1n) is 7.40. The molecular formula is C17H20N2. The summed E-state index contributed by atoms with van der Waals surface area (Å²) in [5.74, 6) is 0. The van der Waals surface area contributed by atoms with Crippen molar-refractivity contribution in [3.63, 3.8) is 0 Å². The summed E-state index contributed by atoms with van der Waals surface area (Å²) in [6.07, 6.45) is 8.02. The van der Waals surface area contributed by atoms with Gasteiger partial charge in [-0.15, -0.1) is 0 Å². The fourth-order valence-electron chi connectivity index (χ4n) is 4.20. The van der Waals surface area contributed by atoms with Crippen LogP contribution in [0, 0.1) is 5.41 Å². The predicted octanol–water partition coefficient (Wildman–Crippen LogP) is 3.94. The fraction of sp³-hybridized carbons (Fsp3) is 0.471. The molecule has 19 heavy (non-hydrogen) atoms. The van der Waals surface area contributed by atoms with Crippen molar-refractivity contribution >= 4 is 16.6 Å². The average Bonchev–Trinajstić information content (AvgIpc) is 3.02. The molecule has 1 aromatic heterocycles. The fourth-order valence-corrected chi connectivity index (χ4v) is 4.20. The molecule has 2 nitrogen and oxygen atoms in total. The topological polar surface area (TPSA) is 24.9 Å². The molecule has 0 aliphatic heterocycles. The van der Waals surface area contributed by atoms with Gasteiger partial charge < -0.3 is 5.32 Å². The Morgan fingerprint density at radius 2 is 1.89 bits per heavy atom. The molecule has 2 aliphatic carbocycles. The van der Waals surface area contributed by atoms with Crippen LogP contribution in [0.4, 0.5) is 5.69 Å². The van der Waals surface area contributed by atoms with E-state index >= 15 is 0 Å². The Hall–Kier alpha value is -1.57. The minimum atomic E-state index is 0.540. The maximum Gasteiger partial charge on any atom is 0.0726 e.